The molecule has 0 spiro atoms. The number of carbonyl (C=O) groups excluding carboxylic acids is 1. The molecule has 0 saturated carbocycles. The molecule has 1 amide bonds. The molecule has 0 radical (unpaired) electrons. The fourth-order valence-corrected chi connectivity index (χ4v) is 2.85. The molecule has 0 aromatic carbocycles. The molecule has 0 aromatic heterocycles. The summed E-state index contributed by atoms with van der Waals surface area (Å²) in [6.07, 6.45) is 10.6. The molecular weight excluding hydrogens is 236 g/mol. The summed E-state index contributed by atoms with van der Waals surface area (Å²) in [4.78, 5) is 12.1. The lowest BCUT2D eigenvalue weighted by Crippen LogP contribution is -2.37. The maximum absolute atomic E-state index is 12.1. The van der Waals surface area contributed by atoms with Crippen LogP contribution in [-0.2, 0) is 4.79 Å². The Morgan fingerprint density at radius 1 is 1.21 bits per heavy atom. The van der Waals surface area contributed by atoms with Gasteiger partial charge in [0.2, 0.25) is 5.91 Å². The van der Waals surface area contributed by atoms with Crippen molar-refractivity contribution in [2.45, 2.75) is 77.7 Å². The van der Waals surface area contributed by atoms with E-state index in [9.17, 15) is 4.79 Å². The zero-order valence-corrected chi connectivity index (χ0v) is 12.8. The van der Waals surface area contributed by atoms with Gasteiger partial charge in [-0.25, -0.2) is 0 Å². The Morgan fingerprint density at radius 2 is 1.95 bits per heavy atom. The van der Waals surface area contributed by atoms with Crippen LogP contribution in [0.3, 0.4) is 0 Å². The van der Waals surface area contributed by atoms with Gasteiger partial charge in [-0.3, -0.25) is 4.79 Å². The number of unbranched alkanes of at least 4 members (excludes halogenated alkanes) is 3. The van der Waals surface area contributed by atoms with Gasteiger partial charge in [-0.2, -0.15) is 0 Å². The van der Waals surface area contributed by atoms with Gasteiger partial charge >= 0.3 is 0 Å². The summed E-state index contributed by atoms with van der Waals surface area (Å²) < 4.78 is 0. The fourth-order valence-electron chi connectivity index (χ4n) is 2.85. The first-order chi connectivity index (χ1) is 9.26. The molecule has 2 unspecified atom stereocenters. The molecule has 1 heterocycles. The summed E-state index contributed by atoms with van der Waals surface area (Å²) in [5, 5.41) is 6.47. The first kappa shape index (κ1) is 16.5. The van der Waals surface area contributed by atoms with Gasteiger partial charge in [-0.1, -0.05) is 46.0 Å². The highest BCUT2D eigenvalue weighted by atomic mass is 16.1. The molecule has 19 heavy (non-hydrogen) atoms. The van der Waals surface area contributed by atoms with Crippen LogP contribution >= 0.6 is 0 Å². The second-order valence-electron chi connectivity index (χ2n) is 5.97. The number of nitrogens with one attached hydrogen (secondary N) is 2. The SMILES string of the molecule is CCCCCC(CCCC)CC(=O)NC1CCNC1. The first-order valence-electron chi connectivity index (χ1n) is 8.26. The van der Waals surface area contributed by atoms with Crippen LogP contribution in [0, 0.1) is 5.92 Å². The number of hydrogen-bond donors (Lipinski definition) is 2. The number of hydrogen-bond acceptors (Lipinski definition) is 2. The van der Waals surface area contributed by atoms with Gasteiger partial charge < -0.3 is 10.6 Å². The van der Waals surface area contributed by atoms with E-state index in [4.69, 9.17) is 0 Å². The van der Waals surface area contributed by atoms with E-state index >= 15 is 0 Å². The molecule has 0 aliphatic carbocycles. The number of amides is 1. The van der Waals surface area contributed by atoms with E-state index in [2.05, 4.69) is 24.5 Å². The molecule has 1 aliphatic rings. The minimum Gasteiger partial charge on any atom is -0.352 e. The molecule has 1 fully saturated rings. The van der Waals surface area contributed by atoms with E-state index in [-0.39, 0.29) is 5.91 Å². The molecule has 1 aliphatic heterocycles. The van der Waals surface area contributed by atoms with Crippen LogP contribution in [-0.4, -0.2) is 25.0 Å². The van der Waals surface area contributed by atoms with Crippen LogP contribution in [0.5, 0.6) is 0 Å². The van der Waals surface area contributed by atoms with Crippen LogP contribution in [0.4, 0.5) is 0 Å². The third-order valence-electron chi connectivity index (χ3n) is 4.08. The molecule has 2 atom stereocenters. The van der Waals surface area contributed by atoms with Gasteiger partial charge in [0.1, 0.15) is 0 Å². The molecule has 3 heteroatoms. The van der Waals surface area contributed by atoms with Crippen LogP contribution in [0.25, 0.3) is 0 Å². The van der Waals surface area contributed by atoms with E-state index in [1.165, 1.54) is 44.9 Å². The van der Waals surface area contributed by atoms with Crippen LogP contribution in [0.2, 0.25) is 0 Å². The lowest BCUT2D eigenvalue weighted by Gasteiger charge is -2.18. The first-order valence-corrected chi connectivity index (χ1v) is 8.26. The maximum atomic E-state index is 12.1. The minimum atomic E-state index is 0.270. The molecule has 1 saturated heterocycles. The third kappa shape index (κ3) is 7.56. The second kappa shape index (κ2) is 10.2. The number of carbonyl (C=O) groups is 1. The van der Waals surface area contributed by atoms with Crippen molar-refractivity contribution in [2.75, 3.05) is 13.1 Å². The zero-order valence-electron chi connectivity index (χ0n) is 12.8. The number of rotatable bonds is 10. The Hall–Kier alpha value is -0.570. The molecule has 112 valence electrons. The largest absolute Gasteiger partial charge is 0.352 e. The summed E-state index contributed by atoms with van der Waals surface area (Å²) in [5.74, 6) is 0.868. The lowest BCUT2D eigenvalue weighted by molar-refractivity contribution is -0.122. The normalized spacial score (nSPS) is 20.4. The van der Waals surface area contributed by atoms with E-state index in [1.807, 2.05) is 0 Å². The maximum Gasteiger partial charge on any atom is 0.220 e. The zero-order chi connectivity index (χ0) is 13.9. The van der Waals surface area contributed by atoms with Crippen molar-refractivity contribution in [3.05, 3.63) is 0 Å². The Balaban J connectivity index is 2.25. The highest BCUT2D eigenvalue weighted by Crippen LogP contribution is 2.20. The highest BCUT2D eigenvalue weighted by molar-refractivity contribution is 5.76. The Bertz CT molecular complexity index is 237. The predicted molar refractivity (Wildman–Crippen MR) is 81.2 cm³/mol. The summed E-state index contributed by atoms with van der Waals surface area (Å²) in [6.45, 7) is 6.45. The van der Waals surface area contributed by atoms with E-state index in [0.717, 1.165) is 25.9 Å². The van der Waals surface area contributed by atoms with Gasteiger partial charge in [0.25, 0.3) is 0 Å². The monoisotopic (exact) mass is 268 g/mol. The van der Waals surface area contributed by atoms with E-state index < -0.39 is 0 Å². The average molecular weight is 268 g/mol. The Morgan fingerprint density at radius 3 is 2.58 bits per heavy atom. The molecule has 1 rings (SSSR count). The second-order valence-corrected chi connectivity index (χ2v) is 5.97. The van der Waals surface area contributed by atoms with Crippen LogP contribution < -0.4 is 10.6 Å². The van der Waals surface area contributed by atoms with Crippen molar-refractivity contribution in [1.82, 2.24) is 10.6 Å². The predicted octanol–water partition coefficient (Wildman–Crippen LogP) is 3.24. The smallest absolute Gasteiger partial charge is 0.220 e. The van der Waals surface area contributed by atoms with Crippen LogP contribution in [0.15, 0.2) is 0 Å². The van der Waals surface area contributed by atoms with Gasteiger partial charge in [0.15, 0.2) is 0 Å². The summed E-state index contributed by atoms with van der Waals surface area (Å²) in [5.41, 5.74) is 0. The van der Waals surface area contributed by atoms with E-state index in [1.54, 1.807) is 0 Å². The lowest BCUT2D eigenvalue weighted by atomic mass is 9.92. The minimum absolute atomic E-state index is 0.270. The van der Waals surface area contributed by atoms with E-state index in [0.29, 0.717) is 12.0 Å². The molecule has 0 aromatic rings. The van der Waals surface area contributed by atoms with Gasteiger partial charge in [0.05, 0.1) is 0 Å². The topological polar surface area (TPSA) is 41.1 Å². The van der Waals surface area contributed by atoms with Gasteiger partial charge in [-0.15, -0.1) is 0 Å². The Labute approximate surface area is 118 Å². The highest BCUT2D eigenvalue weighted by Gasteiger charge is 2.19. The van der Waals surface area contributed by atoms with Crippen molar-refractivity contribution in [3.8, 4) is 0 Å². The van der Waals surface area contributed by atoms with Crippen LogP contribution in [0.1, 0.15) is 71.6 Å². The molecule has 3 nitrogen and oxygen atoms in total. The molecule has 2 N–H and O–H groups in total. The van der Waals surface area contributed by atoms with Crippen molar-refractivity contribution < 1.29 is 4.79 Å². The average Bonchev–Trinajstić information content (AvgIpc) is 2.88. The van der Waals surface area contributed by atoms with Gasteiger partial charge in [-0.05, 0) is 31.7 Å². The Kier molecular flexibility index (Phi) is 8.89. The summed E-state index contributed by atoms with van der Waals surface area (Å²) >= 11 is 0. The molecular formula is C16H32N2O. The quantitative estimate of drug-likeness (QED) is 0.597. The van der Waals surface area contributed by atoms with Gasteiger partial charge in [0, 0.05) is 19.0 Å². The standard InChI is InChI=1S/C16H32N2O/c1-3-5-7-9-14(8-6-4-2)12-16(19)18-15-10-11-17-13-15/h14-15,17H,3-13H2,1-2H3,(H,18,19). The third-order valence-corrected chi connectivity index (χ3v) is 4.08. The van der Waals surface area contributed by atoms with Crippen molar-refractivity contribution in [3.63, 3.8) is 0 Å². The van der Waals surface area contributed by atoms with Crippen molar-refractivity contribution in [1.29, 1.82) is 0 Å². The van der Waals surface area contributed by atoms with Crippen molar-refractivity contribution >= 4 is 5.91 Å². The van der Waals surface area contributed by atoms with Crippen molar-refractivity contribution in [2.24, 2.45) is 5.92 Å². The summed E-state index contributed by atoms with van der Waals surface area (Å²) in [7, 11) is 0. The molecule has 0 bridgehead atoms. The fraction of sp³-hybridized carbons (Fsp3) is 0.938. The summed E-state index contributed by atoms with van der Waals surface area (Å²) in [6, 6.07) is 0.370.